The number of aromatic hydroxyl groups is 1. The third kappa shape index (κ3) is 2.82. The number of hydrogen-bond donors (Lipinski definition) is 2. The molecule has 0 aliphatic carbocycles. The van der Waals surface area contributed by atoms with Crippen LogP contribution in [-0.4, -0.2) is 37.2 Å². The van der Waals surface area contributed by atoms with E-state index in [1.807, 2.05) is 18.2 Å². The van der Waals surface area contributed by atoms with Crippen LogP contribution in [0.3, 0.4) is 0 Å². The van der Waals surface area contributed by atoms with Gasteiger partial charge in [-0.2, -0.15) is 0 Å². The maximum Gasteiger partial charge on any atom is 0.323 e. The van der Waals surface area contributed by atoms with Gasteiger partial charge in [0.15, 0.2) is 0 Å². The average Bonchev–Trinajstić information content (AvgIpc) is 2.91. The van der Waals surface area contributed by atoms with Gasteiger partial charge in [0.1, 0.15) is 17.3 Å². The predicted octanol–water partition coefficient (Wildman–Crippen LogP) is 3.17. The lowest BCUT2D eigenvalue weighted by atomic mass is 10.0. The number of thiocarbonyl (C=S) groups is 1. The molecule has 1 aliphatic rings. The highest BCUT2D eigenvalue weighted by Gasteiger charge is 2.29. The first kappa shape index (κ1) is 16.6. The van der Waals surface area contributed by atoms with Gasteiger partial charge in [0.05, 0.1) is 5.69 Å². The molecule has 2 N–H and O–H groups in total. The fourth-order valence-corrected chi connectivity index (χ4v) is 4.05. The molecule has 0 radical (unpaired) electrons. The van der Waals surface area contributed by atoms with Crippen molar-refractivity contribution in [1.82, 2.24) is 9.47 Å². The largest absolute Gasteiger partial charge is 0.508 e. The summed E-state index contributed by atoms with van der Waals surface area (Å²) in [6.45, 7) is 1.30. The van der Waals surface area contributed by atoms with Crippen molar-refractivity contribution in [2.24, 2.45) is 0 Å². The van der Waals surface area contributed by atoms with Crippen LogP contribution in [0.2, 0.25) is 0 Å². The van der Waals surface area contributed by atoms with Gasteiger partial charge in [-0.25, -0.2) is 0 Å². The van der Waals surface area contributed by atoms with Crippen LogP contribution in [0.15, 0.2) is 48.5 Å². The molecule has 6 heteroatoms. The van der Waals surface area contributed by atoms with E-state index in [0.29, 0.717) is 11.5 Å². The third-order valence-electron chi connectivity index (χ3n) is 4.78. The van der Waals surface area contributed by atoms with E-state index in [0.717, 1.165) is 40.7 Å². The number of nitrogens with zero attached hydrogens (tertiary/aromatic N) is 2. The quantitative estimate of drug-likeness (QED) is 0.695. The van der Waals surface area contributed by atoms with Crippen LogP contribution in [-0.2, 0) is 24.3 Å². The highest BCUT2D eigenvalue weighted by atomic mass is 32.1. The molecule has 0 amide bonds. The topological polar surface area (TPSA) is 65.7 Å². The number of carboxylic acids is 1. The van der Waals surface area contributed by atoms with Gasteiger partial charge in [-0.3, -0.25) is 4.79 Å². The highest BCUT2D eigenvalue weighted by molar-refractivity contribution is 7.80. The smallest absolute Gasteiger partial charge is 0.323 e. The zero-order valence-corrected chi connectivity index (χ0v) is 14.9. The Morgan fingerprint density at radius 2 is 1.92 bits per heavy atom. The summed E-state index contributed by atoms with van der Waals surface area (Å²) < 4.78 is 1.76. The van der Waals surface area contributed by atoms with Crippen LogP contribution in [0.4, 0.5) is 0 Å². The van der Waals surface area contributed by atoms with Crippen LogP contribution < -0.4 is 0 Å². The minimum absolute atomic E-state index is 0.157. The fourth-order valence-electron chi connectivity index (χ4n) is 3.66. The molecule has 0 saturated heterocycles. The van der Waals surface area contributed by atoms with E-state index in [1.165, 1.54) is 0 Å². The molecule has 26 heavy (non-hydrogen) atoms. The molecular weight excluding hydrogens is 348 g/mol. The monoisotopic (exact) mass is 366 g/mol. The van der Waals surface area contributed by atoms with E-state index in [1.54, 1.807) is 22.8 Å². The summed E-state index contributed by atoms with van der Waals surface area (Å²) in [5.41, 5.74) is 3.76. The lowest BCUT2D eigenvalue weighted by molar-refractivity contribution is -0.137. The van der Waals surface area contributed by atoms with Crippen molar-refractivity contribution in [1.29, 1.82) is 0 Å². The molecule has 1 aliphatic heterocycles. The molecule has 1 aromatic heterocycles. The van der Waals surface area contributed by atoms with Crippen molar-refractivity contribution in [2.75, 3.05) is 6.54 Å². The van der Waals surface area contributed by atoms with Gasteiger partial charge in [0.25, 0.3) is 0 Å². The summed E-state index contributed by atoms with van der Waals surface area (Å²) in [7, 11) is 0. The summed E-state index contributed by atoms with van der Waals surface area (Å²) in [6, 6.07) is 15.1. The van der Waals surface area contributed by atoms with Gasteiger partial charge in [-0.1, -0.05) is 42.5 Å². The van der Waals surface area contributed by atoms with E-state index in [4.69, 9.17) is 12.2 Å². The van der Waals surface area contributed by atoms with Crippen molar-refractivity contribution in [2.45, 2.75) is 19.5 Å². The van der Waals surface area contributed by atoms with Crippen molar-refractivity contribution in [3.05, 3.63) is 65.4 Å². The lowest BCUT2D eigenvalue weighted by Crippen LogP contribution is -2.37. The fraction of sp³-hybridized carbons (Fsp3) is 0.200. The third-order valence-corrected chi connectivity index (χ3v) is 5.23. The second kappa shape index (κ2) is 6.46. The maximum atomic E-state index is 11.4. The van der Waals surface area contributed by atoms with Gasteiger partial charge >= 0.3 is 5.97 Å². The summed E-state index contributed by atoms with van der Waals surface area (Å²) in [5.74, 6) is -0.744. The van der Waals surface area contributed by atoms with Crippen molar-refractivity contribution in [3.63, 3.8) is 0 Å². The number of aliphatic carboxylic acids is 1. The van der Waals surface area contributed by atoms with Gasteiger partial charge in [-0.15, -0.1) is 0 Å². The molecule has 0 unspecified atom stereocenters. The Balaban J connectivity index is 1.80. The Labute approximate surface area is 156 Å². The summed E-state index contributed by atoms with van der Waals surface area (Å²) in [5, 5.41) is 20.1. The van der Waals surface area contributed by atoms with Gasteiger partial charge < -0.3 is 19.7 Å². The number of benzene rings is 2. The first-order valence-corrected chi connectivity index (χ1v) is 8.84. The van der Waals surface area contributed by atoms with Crippen LogP contribution in [0, 0.1) is 0 Å². The lowest BCUT2D eigenvalue weighted by Gasteiger charge is -2.31. The normalized spacial score (nSPS) is 13.8. The maximum absolute atomic E-state index is 11.4. The highest BCUT2D eigenvalue weighted by Crippen LogP contribution is 2.33. The number of carbonyl (C=O) groups is 1. The number of carboxylic acid groups (broad SMARTS) is 1. The van der Waals surface area contributed by atoms with Crippen LogP contribution in [0.25, 0.3) is 10.9 Å². The van der Waals surface area contributed by atoms with Crippen LogP contribution in [0.1, 0.15) is 16.8 Å². The first-order valence-electron chi connectivity index (χ1n) is 8.43. The summed E-state index contributed by atoms with van der Waals surface area (Å²) >= 11 is 5.74. The Bertz CT molecular complexity index is 1010. The number of fused-ring (bicyclic) bond motifs is 3. The number of rotatable bonds is 4. The minimum atomic E-state index is -0.916. The van der Waals surface area contributed by atoms with Crippen molar-refractivity contribution >= 4 is 34.1 Å². The molecule has 0 atom stereocenters. The molecule has 5 nitrogen and oxygen atoms in total. The molecular formula is C20H18N2O3S. The second-order valence-corrected chi connectivity index (χ2v) is 6.86. The minimum Gasteiger partial charge on any atom is -0.508 e. The van der Waals surface area contributed by atoms with Gasteiger partial charge in [-0.05, 0) is 35.7 Å². The second-order valence-electron chi connectivity index (χ2n) is 6.47. The molecule has 4 rings (SSSR count). The van der Waals surface area contributed by atoms with E-state index in [-0.39, 0.29) is 12.3 Å². The van der Waals surface area contributed by atoms with Gasteiger partial charge in [0.2, 0.25) is 0 Å². The van der Waals surface area contributed by atoms with E-state index < -0.39 is 5.97 Å². The molecule has 3 aromatic rings. The molecule has 132 valence electrons. The standard InChI is InChI=1S/C20H18N2O3S/c23-14-6-7-17-16(10-14)15-8-9-21(11-13-4-2-1-3-5-13)20(26)19(15)22(17)12-18(24)25/h1-7,10,23H,8-9,11-12H2,(H,24,25). The Hall–Kier alpha value is -2.86. The molecule has 2 aromatic carbocycles. The molecule has 2 heterocycles. The molecule has 0 saturated carbocycles. The van der Waals surface area contributed by atoms with Crippen LogP contribution in [0.5, 0.6) is 5.75 Å². The zero-order valence-electron chi connectivity index (χ0n) is 14.1. The van der Waals surface area contributed by atoms with E-state index in [2.05, 4.69) is 17.0 Å². The van der Waals surface area contributed by atoms with Crippen molar-refractivity contribution < 1.29 is 15.0 Å². The Kier molecular flexibility index (Phi) is 4.12. The summed E-state index contributed by atoms with van der Waals surface area (Å²) in [6.07, 6.45) is 0.759. The number of hydrogen-bond acceptors (Lipinski definition) is 3. The SMILES string of the molecule is O=C(O)Cn1c2c(c3cc(O)ccc31)CCN(Cc1ccccc1)C2=S. The zero-order chi connectivity index (χ0) is 18.3. The first-order chi connectivity index (χ1) is 12.5. The Morgan fingerprint density at radius 3 is 2.65 bits per heavy atom. The number of aromatic nitrogens is 1. The van der Waals surface area contributed by atoms with Gasteiger partial charge in [0, 0.05) is 24.0 Å². The number of phenols is 1. The Morgan fingerprint density at radius 1 is 1.15 bits per heavy atom. The van der Waals surface area contributed by atoms with Crippen LogP contribution >= 0.6 is 12.2 Å². The van der Waals surface area contributed by atoms with E-state index >= 15 is 0 Å². The molecule has 0 bridgehead atoms. The molecule has 0 spiro atoms. The van der Waals surface area contributed by atoms with Crippen molar-refractivity contribution in [3.8, 4) is 5.75 Å². The summed E-state index contributed by atoms with van der Waals surface area (Å²) in [4.78, 5) is 14.2. The predicted molar refractivity (Wildman–Crippen MR) is 103 cm³/mol. The molecule has 0 fully saturated rings. The number of phenolic OH excluding ortho intramolecular Hbond substituents is 1. The average molecular weight is 366 g/mol. The van der Waals surface area contributed by atoms with E-state index in [9.17, 15) is 15.0 Å².